The molecule has 3 aliphatic rings. The zero-order valence-corrected chi connectivity index (χ0v) is 14.9. The first-order valence-corrected chi connectivity index (χ1v) is 9.44. The van der Waals surface area contributed by atoms with Gasteiger partial charge in [0.2, 0.25) is 5.95 Å². The number of H-pyrrole nitrogens is 1. The van der Waals surface area contributed by atoms with Gasteiger partial charge in [-0.05, 0) is 62.7 Å². The van der Waals surface area contributed by atoms with E-state index in [1.807, 2.05) is 0 Å². The molecule has 1 aromatic heterocycles. The summed E-state index contributed by atoms with van der Waals surface area (Å²) < 4.78 is 14.2. The molecule has 0 bridgehead atoms. The molecule has 0 radical (unpaired) electrons. The van der Waals surface area contributed by atoms with Gasteiger partial charge in [0.1, 0.15) is 5.56 Å². The van der Waals surface area contributed by atoms with Crippen molar-refractivity contribution in [1.29, 1.82) is 0 Å². The fourth-order valence-electron chi connectivity index (χ4n) is 4.34. The molecule has 4 nitrogen and oxygen atoms in total. The fraction of sp³-hybridized carbons (Fsp3) is 0.600. The maximum Gasteiger partial charge on any atom is 0.258 e. The van der Waals surface area contributed by atoms with Gasteiger partial charge >= 0.3 is 0 Å². The molecule has 0 spiro atoms. The summed E-state index contributed by atoms with van der Waals surface area (Å²) in [6.07, 6.45) is 13.0. The summed E-state index contributed by atoms with van der Waals surface area (Å²) in [6, 6.07) is 0.204. The van der Waals surface area contributed by atoms with Gasteiger partial charge in [-0.25, -0.2) is 0 Å². The summed E-state index contributed by atoms with van der Waals surface area (Å²) in [5.74, 6) is -0.00106. The van der Waals surface area contributed by atoms with Crippen LogP contribution in [0.15, 0.2) is 23.8 Å². The average molecular weight is 343 g/mol. The number of nitrogens with one attached hydrogen (secondary N) is 2. The number of nitrogens with zero attached hydrogens (tertiary/aromatic N) is 1. The van der Waals surface area contributed by atoms with Gasteiger partial charge in [-0.2, -0.15) is 9.49 Å². The Morgan fingerprint density at radius 1 is 1.40 bits per heavy atom. The van der Waals surface area contributed by atoms with Crippen molar-refractivity contribution in [3.05, 3.63) is 41.0 Å². The topological polar surface area (TPSA) is 57.8 Å². The highest BCUT2D eigenvalue weighted by Gasteiger charge is 2.48. The zero-order valence-electron chi connectivity index (χ0n) is 14.9. The van der Waals surface area contributed by atoms with E-state index in [0.29, 0.717) is 18.0 Å². The number of aromatic nitrogens is 2. The highest BCUT2D eigenvalue weighted by atomic mass is 19.1. The molecule has 2 saturated carbocycles. The van der Waals surface area contributed by atoms with Crippen LogP contribution in [0.3, 0.4) is 0 Å². The number of amides is 1. The number of rotatable bonds is 6. The van der Waals surface area contributed by atoms with Crippen molar-refractivity contribution < 1.29 is 9.18 Å². The fourth-order valence-corrected chi connectivity index (χ4v) is 4.34. The SMILES string of the molecule is CCC1(C2CC2)C=CC(C)=CC1Cc1n[nH]c(F)c1C(=O)NC1CC1. The van der Waals surface area contributed by atoms with E-state index in [1.54, 1.807) is 0 Å². The Kier molecular flexibility index (Phi) is 4.05. The maximum atomic E-state index is 14.2. The number of carbonyl (C=O) groups excluding carboxylic acids is 1. The van der Waals surface area contributed by atoms with Crippen LogP contribution in [-0.2, 0) is 6.42 Å². The second-order valence-electron chi connectivity index (χ2n) is 7.90. The predicted octanol–water partition coefficient (Wildman–Crippen LogP) is 3.92. The van der Waals surface area contributed by atoms with Gasteiger partial charge in [0.25, 0.3) is 5.91 Å². The summed E-state index contributed by atoms with van der Waals surface area (Å²) >= 11 is 0. The molecule has 2 unspecified atom stereocenters. The molecular weight excluding hydrogens is 317 g/mol. The smallest absolute Gasteiger partial charge is 0.258 e. The van der Waals surface area contributed by atoms with E-state index in [-0.39, 0.29) is 28.8 Å². The third kappa shape index (κ3) is 3.05. The van der Waals surface area contributed by atoms with E-state index < -0.39 is 5.95 Å². The molecule has 134 valence electrons. The molecule has 2 N–H and O–H groups in total. The van der Waals surface area contributed by atoms with Crippen LogP contribution in [0.25, 0.3) is 0 Å². The van der Waals surface area contributed by atoms with Crippen molar-refractivity contribution in [2.45, 2.75) is 58.4 Å². The lowest BCUT2D eigenvalue weighted by atomic mass is 9.65. The summed E-state index contributed by atoms with van der Waals surface area (Å²) in [5.41, 5.74) is 2.00. The van der Waals surface area contributed by atoms with Crippen molar-refractivity contribution in [3.63, 3.8) is 0 Å². The number of aromatic amines is 1. The van der Waals surface area contributed by atoms with Gasteiger partial charge < -0.3 is 5.32 Å². The maximum absolute atomic E-state index is 14.2. The predicted molar refractivity (Wildman–Crippen MR) is 94.6 cm³/mol. The van der Waals surface area contributed by atoms with E-state index >= 15 is 0 Å². The van der Waals surface area contributed by atoms with Crippen molar-refractivity contribution in [2.75, 3.05) is 0 Å². The molecule has 2 fully saturated rings. The highest BCUT2D eigenvalue weighted by molar-refractivity contribution is 5.95. The van der Waals surface area contributed by atoms with Gasteiger partial charge in [0.15, 0.2) is 0 Å². The average Bonchev–Trinajstić information content (AvgIpc) is 3.49. The monoisotopic (exact) mass is 343 g/mol. The lowest BCUT2D eigenvalue weighted by Gasteiger charge is -2.39. The van der Waals surface area contributed by atoms with Crippen molar-refractivity contribution in [2.24, 2.45) is 17.3 Å². The molecular formula is C20H26FN3O. The number of allylic oxidation sites excluding steroid dienone is 4. The Labute approximate surface area is 148 Å². The molecule has 0 aromatic carbocycles. The van der Waals surface area contributed by atoms with Crippen LogP contribution in [-0.4, -0.2) is 22.1 Å². The highest BCUT2D eigenvalue weighted by Crippen LogP contribution is 2.56. The van der Waals surface area contributed by atoms with Gasteiger partial charge in [-0.15, -0.1) is 0 Å². The van der Waals surface area contributed by atoms with Crippen LogP contribution >= 0.6 is 0 Å². The second kappa shape index (κ2) is 6.11. The van der Waals surface area contributed by atoms with Crippen LogP contribution in [0.4, 0.5) is 4.39 Å². The van der Waals surface area contributed by atoms with Crippen LogP contribution in [0.1, 0.15) is 62.0 Å². The van der Waals surface area contributed by atoms with Gasteiger partial charge in [-0.3, -0.25) is 9.89 Å². The number of halogens is 1. The van der Waals surface area contributed by atoms with Crippen LogP contribution in [0.2, 0.25) is 0 Å². The molecule has 1 heterocycles. The number of hydrogen-bond acceptors (Lipinski definition) is 2. The molecule has 5 heteroatoms. The molecule has 1 amide bonds. The Balaban J connectivity index is 1.62. The molecule has 2 atom stereocenters. The summed E-state index contributed by atoms with van der Waals surface area (Å²) in [5, 5.41) is 9.42. The Bertz CT molecular complexity index is 742. The second-order valence-corrected chi connectivity index (χ2v) is 7.90. The zero-order chi connectivity index (χ0) is 17.6. The third-order valence-electron chi connectivity index (χ3n) is 6.11. The Morgan fingerprint density at radius 3 is 2.80 bits per heavy atom. The Morgan fingerprint density at radius 2 is 2.16 bits per heavy atom. The van der Waals surface area contributed by atoms with E-state index in [2.05, 4.69) is 47.6 Å². The first-order valence-electron chi connectivity index (χ1n) is 9.44. The van der Waals surface area contributed by atoms with Gasteiger partial charge in [-0.1, -0.05) is 30.7 Å². The standard InChI is InChI=1S/C20H26FN3O/c1-3-20(13-4-5-13)9-8-12(2)10-14(20)11-16-17(18(21)24-23-16)19(25)22-15-6-7-15/h8-10,13-15H,3-7,11H2,1-2H3,(H,22,25)(H,23,24). The van der Waals surface area contributed by atoms with E-state index in [9.17, 15) is 9.18 Å². The third-order valence-corrected chi connectivity index (χ3v) is 6.11. The van der Waals surface area contributed by atoms with Gasteiger partial charge in [0.05, 0.1) is 5.69 Å². The van der Waals surface area contributed by atoms with Gasteiger partial charge in [0, 0.05) is 6.04 Å². The summed E-state index contributed by atoms with van der Waals surface area (Å²) in [6.45, 7) is 4.33. The minimum absolute atomic E-state index is 0.105. The lowest BCUT2D eigenvalue weighted by molar-refractivity contribution is 0.0945. The van der Waals surface area contributed by atoms with Crippen molar-refractivity contribution >= 4 is 5.91 Å². The molecule has 25 heavy (non-hydrogen) atoms. The first-order chi connectivity index (χ1) is 12.0. The number of carbonyl (C=O) groups is 1. The quantitative estimate of drug-likeness (QED) is 0.822. The minimum atomic E-state index is -0.617. The number of hydrogen-bond donors (Lipinski definition) is 2. The lowest BCUT2D eigenvalue weighted by Crippen LogP contribution is -2.33. The Hall–Kier alpha value is -1.91. The molecule has 1 aromatic rings. The van der Waals surface area contributed by atoms with Crippen molar-refractivity contribution in [3.8, 4) is 0 Å². The van der Waals surface area contributed by atoms with Crippen LogP contribution in [0, 0.1) is 23.2 Å². The largest absolute Gasteiger partial charge is 0.349 e. The molecule has 0 aliphatic heterocycles. The van der Waals surface area contributed by atoms with Crippen LogP contribution < -0.4 is 5.32 Å². The summed E-state index contributed by atoms with van der Waals surface area (Å²) in [4.78, 5) is 12.4. The summed E-state index contributed by atoms with van der Waals surface area (Å²) in [7, 11) is 0. The molecule has 0 saturated heterocycles. The minimum Gasteiger partial charge on any atom is -0.349 e. The molecule has 4 rings (SSSR count). The van der Waals surface area contributed by atoms with Crippen molar-refractivity contribution in [1.82, 2.24) is 15.5 Å². The normalized spacial score (nSPS) is 28.8. The van der Waals surface area contributed by atoms with E-state index in [4.69, 9.17) is 0 Å². The van der Waals surface area contributed by atoms with Crippen LogP contribution in [0.5, 0.6) is 0 Å². The van der Waals surface area contributed by atoms with E-state index in [0.717, 1.165) is 19.3 Å². The first kappa shape index (κ1) is 16.6. The van der Waals surface area contributed by atoms with E-state index in [1.165, 1.54) is 18.4 Å². The molecule has 3 aliphatic carbocycles.